The molecule has 0 atom stereocenters. The molecule has 1 aromatic carbocycles. The molecule has 0 aliphatic carbocycles. The van der Waals surface area contributed by atoms with Crippen molar-refractivity contribution in [2.24, 2.45) is 0 Å². The Kier molecular flexibility index (Phi) is 4.08. The molecule has 0 unspecified atom stereocenters. The zero-order valence-electron chi connectivity index (χ0n) is 8.38. The minimum atomic E-state index is 0.0834. The highest BCUT2D eigenvalue weighted by molar-refractivity contribution is 9.09. The summed E-state index contributed by atoms with van der Waals surface area (Å²) in [6.07, 6.45) is 1.67. The second-order valence-corrected chi connectivity index (χ2v) is 3.84. The molecule has 1 rings (SSSR count). The Labute approximate surface area is 93.0 Å². The van der Waals surface area contributed by atoms with Crippen LogP contribution in [0, 0.1) is 6.92 Å². The molecular weight excluding hydrogens is 240 g/mol. The van der Waals surface area contributed by atoms with Crippen molar-refractivity contribution >= 4 is 27.3 Å². The lowest BCUT2D eigenvalue weighted by Crippen LogP contribution is -1.91. The molecule has 0 radical (unpaired) electrons. The fourth-order valence-electron chi connectivity index (χ4n) is 1.21. The van der Waals surface area contributed by atoms with Gasteiger partial charge in [0.05, 0.1) is 0 Å². The number of carbonyl (C=O) groups is 1. The van der Waals surface area contributed by atoms with Gasteiger partial charge >= 0.3 is 0 Å². The standard InChI is InChI=1S/C12H13BrO/c1-9-3-5-11(6-4-9)12(8-13)7-10(2)14/h3-7H,8H2,1-2H3/b12-7+. The molecule has 74 valence electrons. The molecule has 1 nitrogen and oxygen atoms in total. The molecular formula is C12H13BrO. The van der Waals surface area contributed by atoms with Crippen molar-refractivity contribution in [1.29, 1.82) is 0 Å². The van der Waals surface area contributed by atoms with E-state index < -0.39 is 0 Å². The Bertz CT molecular complexity index is 349. The molecule has 0 saturated heterocycles. The summed E-state index contributed by atoms with van der Waals surface area (Å²) in [6.45, 7) is 3.61. The van der Waals surface area contributed by atoms with Crippen LogP contribution in [0.4, 0.5) is 0 Å². The third kappa shape index (κ3) is 3.11. The number of allylic oxidation sites excluding steroid dienone is 2. The summed E-state index contributed by atoms with van der Waals surface area (Å²) >= 11 is 3.38. The SMILES string of the molecule is CC(=O)/C=C(\CBr)c1ccc(C)cc1. The molecule has 0 bridgehead atoms. The number of carbonyl (C=O) groups excluding carboxylic acids is 1. The minimum absolute atomic E-state index is 0.0834. The maximum atomic E-state index is 11.0. The second-order valence-electron chi connectivity index (χ2n) is 3.28. The van der Waals surface area contributed by atoms with E-state index in [-0.39, 0.29) is 5.78 Å². The lowest BCUT2D eigenvalue weighted by atomic mass is 10.0. The number of aryl methyl sites for hydroxylation is 1. The average Bonchev–Trinajstić information content (AvgIpc) is 2.15. The first-order valence-electron chi connectivity index (χ1n) is 4.47. The highest BCUT2D eigenvalue weighted by Gasteiger charge is 2.00. The van der Waals surface area contributed by atoms with Gasteiger partial charge in [0.2, 0.25) is 0 Å². The zero-order valence-corrected chi connectivity index (χ0v) is 9.97. The largest absolute Gasteiger partial charge is 0.295 e. The van der Waals surface area contributed by atoms with E-state index >= 15 is 0 Å². The van der Waals surface area contributed by atoms with Crippen molar-refractivity contribution in [1.82, 2.24) is 0 Å². The lowest BCUT2D eigenvalue weighted by molar-refractivity contribution is -0.112. The Balaban J connectivity index is 3.01. The molecule has 0 spiro atoms. The highest BCUT2D eigenvalue weighted by Crippen LogP contribution is 2.17. The maximum absolute atomic E-state index is 11.0. The average molecular weight is 253 g/mol. The predicted molar refractivity (Wildman–Crippen MR) is 63.6 cm³/mol. The molecule has 0 fully saturated rings. The zero-order chi connectivity index (χ0) is 10.6. The molecule has 0 heterocycles. The van der Waals surface area contributed by atoms with Gasteiger partial charge < -0.3 is 0 Å². The summed E-state index contributed by atoms with van der Waals surface area (Å²) in [5, 5.41) is 0.704. The van der Waals surface area contributed by atoms with Crippen molar-refractivity contribution in [3.63, 3.8) is 0 Å². The van der Waals surface area contributed by atoms with Crippen LogP contribution in [0.3, 0.4) is 0 Å². The maximum Gasteiger partial charge on any atom is 0.152 e. The first kappa shape index (κ1) is 11.2. The van der Waals surface area contributed by atoms with Gasteiger partial charge in [-0.25, -0.2) is 0 Å². The van der Waals surface area contributed by atoms with Gasteiger partial charge in [0, 0.05) is 5.33 Å². The lowest BCUT2D eigenvalue weighted by Gasteiger charge is -2.03. The summed E-state index contributed by atoms with van der Waals surface area (Å²) in [5.74, 6) is 0.0834. The number of benzene rings is 1. The van der Waals surface area contributed by atoms with Gasteiger partial charge in [0.15, 0.2) is 5.78 Å². The van der Waals surface area contributed by atoms with E-state index in [4.69, 9.17) is 0 Å². The summed E-state index contributed by atoms with van der Waals surface area (Å²) < 4.78 is 0. The van der Waals surface area contributed by atoms with Crippen molar-refractivity contribution in [3.05, 3.63) is 41.5 Å². The van der Waals surface area contributed by atoms with Crippen LogP contribution in [-0.4, -0.2) is 11.1 Å². The van der Waals surface area contributed by atoms with Gasteiger partial charge in [-0.1, -0.05) is 45.8 Å². The quantitative estimate of drug-likeness (QED) is 0.596. The van der Waals surface area contributed by atoms with Gasteiger partial charge in [-0.15, -0.1) is 0 Å². The topological polar surface area (TPSA) is 17.1 Å². The van der Waals surface area contributed by atoms with E-state index in [0.29, 0.717) is 5.33 Å². The third-order valence-electron chi connectivity index (χ3n) is 1.94. The van der Waals surface area contributed by atoms with Crippen LogP contribution in [0.15, 0.2) is 30.3 Å². The molecule has 0 saturated carbocycles. The van der Waals surface area contributed by atoms with Crippen LogP contribution in [0.1, 0.15) is 18.1 Å². The summed E-state index contributed by atoms with van der Waals surface area (Å²) in [4.78, 5) is 11.0. The summed E-state index contributed by atoms with van der Waals surface area (Å²) in [7, 11) is 0. The van der Waals surface area contributed by atoms with E-state index in [1.54, 1.807) is 13.0 Å². The van der Waals surface area contributed by atoms with E-state index in [0.717, 1.165) is 11.1 Å². The molecule has 14 heavy (non-hydrogen) atoms. The minimum Gasteiger partial charge on any atom is -0.295 e. The van der Waals surface area contributed by atoms with Crippen LogP contribution in [-0.2, 0) is 4.79 Å². The van der Waals surface area contributed by atoms with Crippen molar-refractivity contribution in [3.8, 4) is 0 Å². The molecule has 2 heteroatoms. The van der Waals surface area contributed by atoms with Gasteiger partial charge in [-0.3, -0.25) is 4.79 Å². The van der Waals surface area contributed by atoms with E-state index in [2.05, 4.69) is 15.9 Å². The van der Waals surface area contributed by atoms with Gasteiger partial charge in [-0.05, 0) is 31.1 Å². The predicted octanol–water partition coefficient (Wildman–Crippen LogP) is 3.36. The van der Waals surface area contributed by atoms with Crippen LogP contribution < -0.4 is 0 Å². The first-order chi connectivity index (χ1) is 6.63. The molecule has 0 aliphatic rings. The Morgan fingerprint density at radius 3 is 2.36 bits per heavy atom. The highest BCUT2D eigenvalue weighted by atomic mass is 79.9. The van der Waals surface area contributed by atoms with E-state index in [1.807, 2.05) is 31.2 Å². The van der Waals surface area contributed by atoms with Crippen molar-refractivity contribution < 1.29 is 4.79 Å². The number of alkyl halides is 1. The summed E-state index contributed by atoms with van der Waals surface area (Å²) in [5.41, 5.74) is 3.35. The summed E-state index contributed by atoms with van der Waals surface area (Å²) in [6, 6.07) is 8.16. The fraction of sp³-hybridized carbons (Fsp3) is 0.250. The van der Waals surface area contributed by atoms with Crippen LogP contribution in [0.2, 0.25) is 0 Å². The molecule has 0 N–H and O–H groups in total. The van der Waals surface area contributed by atoms with Gasteiger partial charge in [0.25, 0.3) is 0 Å². The second kappa shape index (κ2) is 5.11. The van der Waals surface area contributed by atoms with Gasteiger partial charge in [0.1, 0.15) is 0 Å². The third-order valence-corrected chi connectivity index (χ3v) is 2.55. The molecule has 0 aromatic heterocycles. The van der Waals surface area contributed by atoms with Gasteiger partial charge in [-0.2, -0.15) is 0 Å². The fourth-order valence-corrected chi connectivity index (χ4v) is 1.70. The van der Waals surface area contributed by atoms with Crippen molar-refractivity contribution in [2.75, 3.05) is 5.33 Å². The number of hydrogen-bond donors (Lipinski definition) is 0. The Morgan fingerprint density at radius 1 is 1.36 bits per heavy atom. The smallest absolute Gasteiger partial charge is 0.152 e. The number of hydrogen-bond acceptors (Lipinski definition) is 1. The molecule has 1 aromatic rings. The Hall–Kier alpha value is -0.890. The monoisotopic (exact) mass is 252 g/mol. The van der Waals surface area contributed by atoms with E-state index in [9.17, 15) is 4.79 Å². The molecule has 0 amide bonds. The number of rotatable bonds is 3. The van der Waals surface area contributed by atoms with Crippen LogP contribution >= 0.6 is 15.9 Å². The first-order valence-corrected chi connectivity index (χ1v) is 5.60. The van der Waals surface area contributed by atoms with Crippen molar-refractivity contribution in [2.45, 2.75) is 13.8 Å². The molecule has 0 aliphatic heterocycles. The normalized spacial score (nSPS) is 11.5. The van der Waals surface area contributed by atoms with E-state index in [1.165, 1.54) is 5.56 Å². The Morgan fingerprint density at radius 2 is 1.93 bits per heavy atom. The number of halogens is 1. The van der Waals surface area contributed by atoms with Crippen LogP contribution in [0.25, 0.3) is 5.57 Å². The number of ketones is 1. The van der Waals surface area contributed by atoms with Crippen LogP contribution in [0.5, 0.6) is 0 Å².